The number of carbonyl (C=O) groups is 2. The van der Waals surface area contributed by atoms with Gasteiger partial charge in [0.25, 0.3) is 0 Å². The molecule has 0 atom stereocenters. The third kappa shape index (κ3) is 11.2. The quantitative estimate of drug-likeness (QED) is 0.445. The number of carbonyl (C=O) groups excluding carboxylic acids is 2. The van der Waals surface area contributed by atoms with Crippen LogP contribution >= 0.6 is 7.82 Å². The first-order valence-corrected chi connectivity index (χ1v) is 6.36. The van der Waals surface area contributed by atoms with Gasteiger partial charge >= 0.3 is 13.8 Å². The molecular weight excluding hydrogens is 237 g/mol. The summed E-state index contributed by atoms with van der Waals surface area (Å²) in [6, 6.07) is 0. The fourth-order valence-electron chi connectivity index (χ4n) is 1.01. The molecule has 0 aliphatic carbocycles. The first-order chi connectivity index (χ1) is 7.31. The number of hydrogen-bond donors (Lipinski definition) is 3. The van der Waals surface area contributed by atoms with Crippen molar-refractivity contribution in [3.05, 3.63) is 0 Å². The average molecular weight is 253 g/mol. The first-order valence-electron chi connectivity index (χ1n) is 4.83. The van der Waals surface area contributed by atoms with Crippen molar-refractivity contribution in [1.82, 2.24) is 5.32 Å². The maximum atomic E-state index is 10.8. The van der Waals surface area contributed by atoms with Gasteiger partial charge < -0.3 is 9.84 Å². The van der Waals surface area contributed by atoms with Gasteiger partial charge in [-0.05, 0) is 12.8 Å². The number of phosphoric ester groups is 1. The molecule has 1 amide bonds. The molecule has 16 heavy (non-hydrogen) atoms. The van der Waals surface area contributed by atoms with Crippen LogP contribution in [-0.2, 0) is 18.7 Å². The van der Waals surface area contributed by atoms with Gasteiger partial charge in [-0.3, -0.25) is 19.4 Å². The van der Waals surface area contributed by atoms with Crippen LogP contribution < -0.4 is 5.32 Å². The van der Waals surface area contributed by atoms with E-state index in [0.717, 1.165) is 0 Å². The molecule has 0 rings (SSSR count). The number of phosphoric acid groups is 1. The van der Waals surface area contributed by atoms with Gasteiger partial charge in [-0.1, -0.05) is 6.42 Å². The summed E-state index contributed by atoms with van der Waals surface area (Å²) in [4.78, 5) is 37.9. The summed E-state index contributed by atoms with van der Waals surface area (Å²) in [5, 5.41) is 2.59. The predicted octanol–water partition coefficient (Wildman–Crippen LogP) is 0.319. The highest BCUT2D eigenvalue weighted by Crippen LogP contribution is 2.36. The second kappa shape index (κ2) is 7.38. The molecule has 7 nitrogen and oxygen atoms in total. The molecule has 0 saturated heterocycles. The van der Waals surface area contributed by atoms with Crippen molar-refractivity contribution in [1.29, 1.82) is 0 Å². The van der Waals surface area contributed by atoms with E-state index in [2.05, 4.69) is 9.84 Å². The van der Waals surface area contributed by atoms with Gasteiger partial charge in [0.15, 0.2) is 0 Å². The van der Waals surface area contributed by atoms with Gasteiger partial charge in [0.1, 0.15) is 0 Å². The molecule has 0 saturated carbocycles. The van der Waals surface area contributed by atoms with Crippen molar-refractivity contribution in [3.63, 3.8) is 0 Å². The molecule has 0 aromatic heterocycles. The Morgan fingerprint density at radius 1 is 1.25 bits per heavy atom. The van der Waals surface area contributed by atoms with Gasteiger partial charge in [0.2, 0.25) is 5.91 Å². The van der Waals surface area contributed by atoms with E-state index >= 15 is 0 Å². The number of rotatable bonds is 7. The van der Waals surface area contributed by atoms with Crippen LogP contribution in [0.4, 0.5) is 0 Å². The largest absolute Gasteiger partial charge is 0.526 e. The van der Waals surface area contributed by atoms with Crippen molar-refractivity contribution in [2.45, 2.75) is 32.6 Å². The molecule has 0 bridgehead atoms. The summed E-state index contributed by atoms with van der Waals surface area (Å²) in [6.07, 6.45) is 1.82. The minimum Gasteiger partial charge on any atom is -0.371 e. The van der Waals surface area contributed by atoms with Gasteiger partial charge in [-0.2, -0.15) is 0 Å². The van der Waals surface area contributed by atoms with Gasteiger partial charge in [-0.25, -0.2) is 4.57 Å². The smallest absolute Gasteiger partial charge is 0.371 e. The van der Waals surface area contributed by atoms with E-state index in [1.54, 1.807) is 0 Å². The minimum absolute atomic E-state index is 0.0365. The summed E-state index contributed by atoms with van der Waals surface area (Å²) in [7, 11) is -4.70. The summed E-state index contributed by atoms with van der Waals surface area (Å²) < 4.78 is 14.1. The van der Waals surface area contributed by atoms with Crippen LogP contribution in [-0.4, -0.2) is 28.2 Å². The Labute approximate surface area is 93.4 Å². The molecule has 94 valence electrons. The van der Waals surface area contributed by atoms with Gasteiger partial charge in [-0.15, -0.1) is 0 Å². The second-order valence-corrected chi connectivity index (χ2v) is 4.41. The van der Waals surface area contributed by atoms with E-state index in [-0.39, 0.29) is 12.3 Å². The summed E-state index contributed by atoms with van der Waals surface area (Å²) in [6.45, 7) is 1.94. The van der Waals surface area contributed by atoms with E-state index in [9.17, 15) is 14.2 Å². The van der Waals surface area contributed by atoms with E-state index in [4.69, 9.17) is 9.79 Å². The highest BCUT2D eigenvalue weighted by atomic mass is 31.2. The van der Waals surface area contributed by atoms with E-state index in [1.807, 2.05) is 0 Å². The lowest BCUT2D eigenvalue weighted by molar-refractivity contribution is -0.135. The number of nitrogens with one attached hydrogen (secondary N) is 1. The maximum absolute atomic E-state index is 10.8. The number of hydrogen-bond acceptors (Lipinski definition) is 4. The lowest BCUT2D eigenvalue weighted by Crippen LogP contribution is -2.20. The van der Waals surface area contributed by atoms with Crippen LogP contribution in [0.2, 0.25) is 0 Å². The summed E-state index contributed by atoms with van der Waals surface area (Å²) >= 11 is 0. The van der Waals surface area contributed by atoms with E-state index in [0.29, 0.717) is 25.8 Å². The van der Waals surface area contributed by atoms with E-state index < -0.39 is 13.8 Å². The van der Waals surface area contributed by atoms with Crippen molar-refractivity contribution >= 4 is 19.7 Å². The summed E-state index contributed by atoms with van der Waals surface area (Å²) in [5.41, 5.74) is 0. The van der Waals surface area contributed by atoms with Gasteiger partial charge in [0.05, 0.1) is 0 Å². The van der Waals surface area contributed by atoms with Crippen LogP contribution in [0.25, 0.3) is 0 Å². The zero-order valence-electron chi connectivity index (χ0n) is 9.01. The predicted molar refractivity (Wildman–Crippen MR) is 55.3 cm³/mol. The zero-order valence-corrected chi connectivity index (χ0v) is 9.90. The number of unbranched alkanes of at least 4 members (excludes halogenated alkanes) is 2. The Hall–Kier alpha value is -0.910. The monoisotopic (exact) mass is 253 g/mol. The molecule has 0 unspecified atom stereocenters. The maximum Gasteiger partial charge on any atom is 0.526 e. The first kappa shape index (κ1) is 15.1. The van der Waals surface area contributed by atoms with E-state index in [1.165, 1.54) is 6.92 Å². The molecule has 0 spiro atoms. The Balaban J connectivity index is 3.42. The van der Waals surface area contributed by atoms with Crippen LogP contribution in [0.5, 0.6) is 0 Å². The standard InChI is InChI=1S/C8H16NO6P/c1-7(10)9-6-4-2-3-5-8(11)15-16(12,13)14/h2-6H2,1H3,(H,9,10)(H2,12,13,14). The van der Waals surface area contributed by atoms with Crippen molar-refractivity contribution < 1.29 is 28.5 Å². The molecule has 0 aliphatic heterocycles. The molecule has 0 radical (unpaired) electrons. The topological polar surface area (TPSA) is 113 Å². The Morgan fingerprint density at radius 2 is 1.88 bits per heavy atom. The molecule has 0 aromatic carbocycles. The fraction of sp³-hybridized carbons (Fsp3) is 0.750. The van der Waals surface area contributed by atoms with Crippen molar-refractivity contribution in [2.75, 3.05) is 6.54 Å². The minimum atomic E-state index is -4.70. The highest BCUT2D eigenvalue weighted by molar-refractivity contribution is 7.46. The lowest BCUT2D eigenvalue weighted by atomic mass is 10.2. The molecule has 0 fully saturated rings. The molecule has 0 heterocycles. The molecule has 3 N–H and O–H groups in total. The van der Waals surface area contributed by atoms with Gasteiger partial charge in [0, 0.05) is 19.9 Å². The SMILES string of the molecule is CC(=O)NCCCCCC(=O)OP(=O)(O)O. The molecular formula is C8H16NO6P. The van der Waals surface area contributed by atoms with Crippen molar-refractivity contribution in [3.8, 4) is 0 Å². The van der Waals surface area contributed by atoms with Crippen LogP contribution in [0.15, 0.2) is 0 Å². The highest BCUT2D eigenvalue weighted by Gasteiger charge is 2.19. The third-order valence-corrected chi connectivity index (χ3v) is 2.09. The van der Waals surface area contributed by atoms with Crippen LogP contribution in [0.3, 0.4) is 0 Å². The molecule has 8 heteroatoms. The Kier molecular flexibility index (Phi) is 6.96. The molecule has 0 aromatic rings. The fourth-order valence-corrected chi connectivity index (χ4v) is 1.37. The number of amides is 1. The lowest BCUT2D eigenvalue weighted by Gasteiger charge is -2.05. The zero-order chi connectivity index (χ0) is 12.6. The van der Waals surface area contributed by atoms with Crippen LogP contribution in [0.1, 0.15) is 32.6 Å². The second-order valence-electron chi connectivity index (χ2n) is 3.25. The normalized spacial score (nSPS) is 10.9. The Bertz CT molecular complexity index is 286. The Morgan fingerprint density at radius 3 is 2.38 bits per heavy atom. The third-order valence-electron chi connectivity index (χ3n) is 1.65. The van der Waals surface area contributed by atoms with Crippen molar-refractivity contribution in [2.24, 2.45) is 0 Å². The average Bonchev–Trinajstić information content (AvgIpc) is 2.07. The van der Waals surface area contributed by atoms with Crippen LogP contribution in [0, 0.1) is 0 Å². The summed E-state index contributed by atoms with van der Waals surface area (Å²) in [5.74, 6) is -1.02. The molecule has 0 aliphatic rings.